The molecule has 0 aliphatic carbocycles. The Morgan fingerprint density at radius 3 is 2.73 bits per heavy atom. The van der Waals surface area contributed by atoms with E-state index < -0.39 is 0 Å². The van der Waals surface area contributed by atoms with E-state index in [2.05, 4.69) is 40.0 Å². The van der Waals surface area contributed by atoms with Crippen LogP contribution in [0.15, 0.2) is 54.7 Å². The molecule has 0 saturated carbocycles. The Morgan fingerprint density at radius 1 is 1.13 bits per heavy atom. The van der Waals surface area contributed by atoms with Gasteiger partial charge in [0.2, 0.25) is 0 Å². The van der Waals surface area contributed by atoms with Crippen molar-refractivity contribution in [1.29, 1.82) is 0 Å². The van der Waals surface area contributed by atoms with Crippen LogP contribution in [0.4, 0.5) is 21.9 Å². The molecule has 4 rings (SSSR count). The normalized spacial score (nSPS) is 18.9. The highest BCUT2D eigenvalue weighted by Gasteiger charge is 2.32. The molecule has 0 bridgehead atoms. The number of carbonyl (C=O) groups excluding carboxylic acids is 1. The quantitative estimate of drug-likeness (QED) is 0.601. The summed E-state index contributed by atoms with van der Waals surface area (Å²) in [5.41, 5.74) is 4.39. The second kappa shape index (κ2) is 8.03. The first-order chi connectivity index (χ1) is 14.5. The Morgan fingerprint density at radius 2 is 1.97 bits per heavy atom. The maximum Gasteiger partial charge on any atom is 0.322 e. The van der Waals surface area contributed by atoms with E-state index in [0.717, 1.165) is 34.4 Å². The van der Waals surface area contributed by atoms with E-state index in [1.54, 1.807) is 6.20 Å². The summed E-state index contributed by atoms with van der Waals surface area (Å²) in [6.45, 7) is 14.8. The first-order valence-electron chi connectivity index (χ1n) is 10.1. The second-order valence-electron chi connectivity index (χ2n) is 7.89. The number of hydrogen-bond donors (Lipinski definition) is 1. The zero-order valence-electron chi connectivity index (χ0n) is 17.5. The molecule has 2 atom stereocenters. The first kappa shape index (κ1) is 19.7. The summed E-state index contributed by atoms with van der Waals surface area (Å²) in [5, 5.41) is 4.01. The van der Waals surface area contributed by atoms with Crippen LogP contribution in [0.25, 0.3) is 15.7 Å². The van der Waals surface area contributed by atoms with Crippen molar-refractivity contribution in [2.75, 3.05) is 23.3 Å². The molecule has 1 aliphatic heterocycles. The summed E-state index contributed by atoms with van der Waals surface area (Å²) in [6.07, 6.45) is 1.75. The van der Waals surface area contributed by atoms with Crippen LogP contribution in [0, 0.1) is 13.5 Å². The van der Waals surface area contributed by atoms with Crippen LogP contribution in [0.5, 0.6) is 0 Å². The van der Waals surface area contributed by atoms with E-state index >= 15 is 0 Å². The molecule has 2 aromatic carbocycles. The van der Waals surface area contributed by atoms with Gasteiger partial charge in [-0.15, -0.1) is 0 Å². The van der Waals surface area contributed by atoms with Crippen molar-refractivity contribution in [1.82, 2.24) is 9.88 Å². The Balaban J connectivity index is 1.51. The third-order valence-electron chi connectivity index (χ3n) is 5.77. The molecular formula is C24H25N5O. The number of nitrogens with zero attached hydrogens (tertiary/aromatic N) is 4. The number of benzene rings is 2. The van der Waals surface area contributed by atoms with Crippen molar-refractivity contribution in [3.63, 3.8) is 0 Å². The number of aryl methyl sites for hydroxylation is 1. The third-order valence-corrected chi connectivity index (χ3v) is 5.77. The number of anilines is 2. The topological polar surface area (TPSA) is 52.8 Å². The summed E-state index contributed by atoms with van der Waals surface area (Å²) < 4.78 is 0. The minimum atomic E-state index is -0.0927. The van der Waals surface area contributed by atoms with Gasteiger partial charge in [0, 0.05) is 42.4 Å². The standard InChI is InChI=1S/C24H25N5O/c1-16-13-19(10-11-21(16)25-4)28-14-18(3)29(15-17(28)2)24(30)27-23-9-5-8-22-20(23)7-6-12-26-22/h5-13,17-18H,14-15H2,1-3H3,(H,27,30)/t17-,18+/m0/s1. The van der Waals surface area contributed by atoms with E-state index in [9.17, 15) is 4.79 Å². The Hall–Kier alpha value is -3.59. The lowest BCUT2D eigenvalue weighted by Crippen LogP contribution is -2.59. The average molecular weight is 399 g/mol. The van der Waals surface area contributed by atoms with Gasteiger partial charge in [-0.1, -0.05) is 12.1 Å². The molecule has 6 nitrogen and oxygen atoms in total. The molecule has 0 unspecified atom stereocenters. The van der Waals surface area contributed by atoms with Gasteiger partial charge in [0.25, 0.3) is 0 Å². The van der Waals surface area contributed by atoms with E-state index in [4.69, 9.17) is 6.57 Å². The van der Waals surface area contributed by atoms with Gasteiger partial charge >= 0.3 is 6.03 Å². The molecule has 2 amide bonds. The van der Waals surface area contributed by atoms with Crippen LogP contribution in [-0.4, -0.2) is 41.1 Å². The molecule has 1 aromatic heterocycles. The summed E-state index contributed by atoms with van der Waals surface area (Å²) in [5.74, 6) is 0. The summed E-state index contributed by atoms with van der Waals surface area (Å²) in [7, 11) is 0. The molecule has 1 aliphatic rings. The van der Waals surface area contributed by atoms with Crippen LogP contribution in [0.2, 0.25) is 0 Å². The maximum absolute atomic E-state index is 13.1. The van der Waals surface area contributed by atoms with Crippen molar-refractivity contribution in [2.24, 2.45) is 0 Å². The minimum absolute atomic E-state index is 0.0511. The van der Waals surface area contributed by atoms with Crippen molar-refractivity contribution >= 4 is 34.0 Å². The lowest BCUT2D eigenvalue weighted by molar-refractivity contribution is 0.173. The molecule has 0 spiro atoms. The van der Waals surface area contributed by atoms with Crippen molar-refractivity contribution < 1.29 is 4.79 Å². The fraction of sp³-hybridized carbons (Fsp3) is 0.292. The van der Waals surface area contributed by atoms with Gasteiger partial charge in [-0.3, -0.25) is 4.98 Å². The highest BCUT2D eigenvalue weighted by atomic mass is 16.2. The Labute approximate surface area is 177 Å². The number of pyridine rings is 1. The predicted molar refractivity (Wildman–Crippen MR) is 121 cm³/mol. The zero-order chi connectivity index (χ0) is 21.3. The summed E-state index contributed by atoms with van der Waals surface area (Å²) in [4.78, 5) is 25.2. The first-order valence-corrected chi connectivity index (χ1v) is 10.1. The van der Waals surface area contributed by atoms with Crippen molar-refractivity contribution in [3.8, 4) is 0 Å². The number of urea groups is 1. The lowest BCUT2D eigenvalue weighted by Gasteiger charge is -2.45. The number of amides is 2. The molecule has 30 heavy (non-hydrogen) atoms. The van der Waals surface area contributed by atoms with Gasteiger partial charge in [-0.25, -0.2) is 9.64 Å². The van der Waals surface area contributed by atoms with Gasteiger partial charge in [0.1, 0.15) is 0 Å². The Kier molecular flexibility index (Phi) is 5.28. The van der Waals surface area contributed by atoms with E-state index in [-0.39, 0.29) is 18.1 Å². The van der Waals surface area contributed by atoms with Gasteiger partial charge in [-0.2, -0.15) is 0 Å². The van der Waals surface area contributed by atoms with Crippen LogP contribution in [-0.2, 0) is 0 Å². The predicted octanol–water partition coefficient (Wildman–Crippen LogP) is 5.23. The molecule has 1 N–H and O–H groups in total. The van der Waals surface area contributed by atoms with Gasteiger partial charge in [0.15, 0.2) is 5.69 Å². The summed E-state index contributed by atoms with van der Waals surface area (Å²) >= 11 is 0. The molecule has 0 radical (unpaired) electrons. The SMILES string of the molecule is [C-]#[N+]c1ccc(N2C[C@@H](C)N(C(=O)Nc3cccc4ncccc34)C[C@@H]2C)cc1C. The average Bonchev–Trinajstić information content (AvgIpc) is 2.75. The van der Waals surface area contributed by atoms with E-state index in [1.165, 1.54) is 0 Å². The Bertz CT molecular complexity index is 1130. The number of nitrogens with one attached hydrogen (secondary N) is 1. The molecule has 6 heteroatoms. The third kappa shape index (κ3) is 3.67. The molecule has 2 heterocycles. The fourth-order valence-electron chi connectivity index (χ4n) is 4.11. The summed E-state index contributed by atoms with van der Waals surface area (Å²) in [6, 6.07) is 15.7. The highest BCUT2D eigenvalue weighted by Crippen LogP contribution is 2.29. The number of aromatic nitrogens is 1. The largest absolute Gasteiger partial charge is 0.365 e. The monoisotopic (exact) mass is 399 g/mol. The van der Waals surface area contributed by atoms with Gasteiger partial charge in [0.05, 0.1) is 17.8 Å². The molecular weight excluding hydrogens is 374 g/mol. The van der Waals surface area contributed by atoms with Crippen LogP contribution >= 0.6 is 0 Å². The van der Waals surface area contributed by atoms with Gasteiger partial charge in [-0.05, 0) is 62.7 Å². The molecule has 1 fully saturated rings. The molecule has 1 saturated heterocycles. The van der Waals surface area contributed by atoms with Crippen LogP contribution in [0.1, 0.15) is 19.4 Å². The smallest absolute Gasteiger partial charge is 0.322 e. The van der Waals surface area contributed by atoms with Crippen LogP contribution in [0.3, 0.4) is 0 Å². The molecule has 152 valence electrons. The highest BCUT2D eigenvalue weighted by molar-refractivity contribution is 6.00. The van der Waals surface area contributed by atoms with E-state index in [0.29, 0.717) is 12.2 Å². The number of hydrogen-bond acceptors (Lipinski definition) is 3. The van der Waals surface area contributed by atoms with Crippen molar-refractivity contribution in [3.05, 3.63) is 71.7 Å². The number of piperazine rings is 1. The number of fused-ring (bicyclic) bond motifs is 1. The lowest BCUT2D eigenvalue weighted by atomic mass is 10.1. The van der Waals surface area contributed by atoms with Gasteiger partial charge < -0.3 is 15.1 Å². The van der Waals surface area contributed by atoms with E-state index in [1.807, 2.05) is 54.3 Å². The minimum Gasteiger partial charge on any atom is -0.365 e. The van der Waals surface area contributed by atoms with Crippen molar-refractivity contribution in [2.45, 2.75) is 32.9 Å². The van der Waals surface area contributed by atoms with Crippen LogP contribution < -0.4 is 10.2 Å². The fourth-order valence-corrected chi connectivity index (χ4v) is 4.11. The molecule has 3 aromatic rings. The maximum atomic E-state index is 13.1. The zero-order valence-corrected chi connectivity index (χ0v) is 17.5. The number of rotatable bonds is 2. The number of carbonyl (C=O) groups is 1. The second-order valence-corrected chi connectivity index (χ2v) is 7.89.